The minimum atomic E-state index is -3.52. The van der Waals surface area contributed by atoms with Gasteiger partial charge in [0.1, 0.15) is 0 Å². The Balaban J connectivity index is 1.60. The molecule has 0 aliphatic carbocycles. The van der Waals surface area contributed by atoms with E-state index in [0.29, 0.717) is 50.3 Å². The van der Waals surface area contributed by atoms with E-state index < -0.39 is 10.0 Å². The first kappa shape index (κ1) is 21.9. The topological polar surface area (TPSA) is 88.2 Å². The van der Waals surface area contributed by atoms with Crippen molar-refractivity contribution in [1.82, 2.24) is 9.21 Å². The van der Waals surface area contributed by atoms with Crippen LogP contribution in [0, 0.1) is 5.92 Å². The van der Waals surface area contributed by atoms with E-state index >= 15 is 0 Å². The highest BCUT2D eigenvalue weighted by Crippen LogP contribution is 2.22. The largest absolute Gasteiger partial charge is 0.466 e. The highest BCUT2D eigenvalue weighted by Gasteiger charge is 2.28. The van der Waals surface area contributed by atoms with Crippen LogP contribution in [0.3, 0.4) is 0 Å². The minimum absolute atomic E-state index is 0.176. The van der Waals surface area contributed by atoms with E-state index in [1.165, 1.54) is 4.31 Å². The summed E-state index contributed by atoms with van der Waals surface area (Å²) in [4.78, 5) is 14.2. The van der Waals surface area contributed by atoms with Gasteiger partial charge in [0.25, 0.3) is 0 Å². The Morgan fingerprint density at radius 1 is 1.24 bits per heavy atom. The van der Waals surface area contributed by atoms with Gasteiger partial charge in [0.05, 0.1) is 30.6 Å². The van der Waals surface area contributed by atoms with E-state index in [1.54, 1.807) is 31.2 Å². The maximum atomic E-state index is 12.7. The van der Waals surface area contributed by atoms with Gasteiger partial charge < -0.3 is 19.7 Å². The van der Waals surface area contributed by atoms with Crippen molar-refractivity contribution in [2.75, 3.05) is 51.3 Å². The van der Waals surface area contributed by atoms with E-state index in [1.807, 2.05) is 4.90 Å². The van der Waals surface area contributed by atoms with Gasteiger partial charge in [-0.05, 0) is 56.2 Å². The summed E-state index contributed by atoms with van der Waals surface area (Å²) in [7, 11) is -3.52. The lowest BCUT2D eigenvalue weighted by Crippen LogP contribution is -2.44. The summed E-state index contributed by atoms with van der Waals surface area (Å²) in [6.07, 6.45) is 1.66. The molecule has 29 heavy (non-hydrogen) atoms. The van der Waals surface area contributed by atoms with Crippen LogP contribution in [0.25, 0.3) is 0 Å². The number of rotatable bonds is 5. The average molecular weight is 442 g/mol. The fourth-order valence-corrected chi connectivity index (χ4v) is 5.15. The SMILES string of the molecule is CCOC(=O)[C@H]1CCCN(C(=S)Nc2ccc(S(=O)(=O)N3CCOCC3)cc2)C1. The molecule has 1 aromatic carbocycles. The van der Waals surface area contributed by atoms with Gasteiger partial charge in [-0.1, -0.05) is 0 Å². The molecule has 160 valence electrons. The highest BCUT2D eigenvalue weighted by molar-refractivity contribution is 7.89. The summed E-state index contributed by atoms with van der Waals surface area (Å²) < 4.78 is 37.2. The van der Waals surface area contributed by atoms with Gasteiger partial charge in [-0.3, -0.25) is 4.79 Å². The molecule has 2 saturated heterocycles. The van der Waals surface area contributed by atoms with Crippen LogP contribution >= 0.6 is 12.2 Å². The van der Waals surface area contributed by atoms with Crippen LogP contribution in [0.15, 0.2) is 29.2 Å². The van der Waals surface area contributed by atoms with Crippen LogP contribution in [0.2, 0.25) is 0 Å². The zero-order chi connectivity index (χ0) is 20.9. The van der Waals surface area contributed by atoms with Crippen molar-refractivity contribution < 1.29 is 22.7 Å². The van der Waals surface area contributed by atoms with Crippen LogP contribution in [0.5, 0.6) is 0 Å². The maximum absolute atomic E-state index is 12.7. The number of nitrogens with zero attached hydrogens (tertiary/aromatic N) is 2. The molecule has 2 aliphatic rings. The molecule has 0 aromatic heterocycles. The molecule has 0 radical (unpaired) electrons. The predicted molar refractivity (Wildman–Crippen MR) is 113 cm³/mol. The fourth-order valence-electron chi connectivity index (χ4n) is 3.46. The molecule has 0 amide bonds. The molecular formula is C19H27N3O5S2. The van der Waals surface area contributed by atoms with Crippen molar-refractivity contribution in [3.8, 4) is 0 Å². The number of hydrogen-bond acceptors (Lipinski definition) is 6. The van der Waals surface area contributed by atoms with Gasteiger partial charge in [0.2, 0.25) is 10.0 Å². The number of nitrogens with one attached hydrogen (secondary N) is 1. The van der Waals surface area contributed by atoms with E-state index in [4.69, 9.17) is 21.7 Å². The number of anilines is 1. The quantitative estimate of drug-likeness (QED) is 0.546. The average Bonchev–Trinajstić information content (AvgIpc) is 2.75. The number of sulfonamides is 1. The zero-order valence-electron chi connectivity index (χ0n) is 16.5. The second-order valence-corrected chi connectivity index (χ2v) is 9.33. The number of esters is 1. The van der Waals surface area contributed by atoms with Crippen molar-refractivity contribution in [1.29, 1.82) is 0 Å². The predicted octanol–water partition coefficient (Wildman–Crippen LogP) is 1.68. The number of thiocarbonyl (C=S) groups is 1. The number of carbonyl (C=O) groups excluding carboxylic acids is 1. The lowest BCUT2D eigenvalue weighted by Gasteiger charge is -2.33. The number of piperidine rings is 1. The molecule has 8 nitrogen and oxygen atoms in total. The lowest BCUT2D eigenvalue weighted by molar-refractivity contribution is -0.149. The first-order chi connectivity index (χ1) is 13.9. The molecule has 0 unspecified atom stereocenters. The van der Waals surface area contributed by atoms with Crippen LogP contribution in [0.4, 0.5) is 5.69 Å². The molecule has 2 heterocycles. The number of morpholine rings is 1. The molecular weight excluding hydrogens is 414 g/mol. The fraction of sp³-hybridized carbons (Fsp3) is 0.579. The molecule has 1 aromatic rings. The molecule has 0 bridgehead atoms. The summed E-state index contributed by atoms with van der Waals surface area (Å²) in [6.45, 7) is 5.02. The Morgan fingerprint density at radius 3 is 2.59 bits per heavy atom. The van der Waals surface area contributed by atoms with Crippen molar-refractivity contribution in [3.05, 3.63) is 24.3 Å². The van der Waals surface area contributed by atoms with Crippen LogP contribution in [-0.2, 0) is 24.3 Å². The summed E-state index contributed by atoms with van der Waals surface area (Å²) in [5, 5.41) is 3.65. The third-order valence-electron chi connectivity index (χ3n) is 5.04. The summed E-state index contributed by atoms with van der Waals surface area (Å²) in [5.41, 5.74) is 0.703. The maximum Gasteiger partial charge on any atom is 0.310 e. The minimum Gasteiger partial charge on any atom is -0.466 e. The van der Waals surface area contributed by atoms with Gasteiger partial charge in [-0.2, -0.15) is 4.31 Å². The zero-order valence-corrected chi connectivity index (χ0v) is 18.1. The number of carbonyl (C=O) groups is 1. The molecule has 1 atom stereocenters. The lowest BCUT2D eigenvalue weighted by atomic mass is 9.98. The van der Waals surface area contributed by atoms with E-state index in [9.17, 15) is 13.2 Å². The molecule has 0 saturated carbocycles. The molecule has 0 spiro atoms. The Kier molecular flexibility index (Phi) is 7.44. The number of likely N-dealkylation sites (tertiary alicyclic amines) is 1. The van der Waals surface area contributed by atoms with Gasteiger partial charge in [-0.15, -0.1) is 0 Å². The molecule has 1 N–H and O–H groups in total. The number of hydrogen-bond donors (Lipinski definition) is 1. The third-order valence-corrected chi connectivity index (χ3v) is 7.32. The van der Waals surface area contributed by atoms with Crippen LogP contribution < -0.4 is 5.32 Å². The number of benzene rings is 1. The Bertz CT molecular complexity index is 823. The summed E-state index contributed by atoms with van der Waals surface area (Å²) in [5.74, 6) is -0.359. The van der Waals surface area contributed by atoms with Gasteiger partial charge in [0, 0.05) is 31.9 Å². The van der Waals surface area contributed by atoms with Crippen LogP contribution in [0.1, 0.15) is 19.8 Å². The Hall–Kier alpha value is -1.75. The van der Waals surface area contributed by atoms with Gasteiger partial charge in [0.15, 0.2) is 5.11 Å². The first-order valence-electron chi connectivity index (χ1n) is 9.82. The van der Waals surface area contributed by atoms with E-state index in [-0.39, 0.29) is 16.8 Å². The van der Waals surface area contributed by atoms with Crippen molar-refractivity contribution in [2.45, 2.75) is 24.7 Å². The van der Waals surface area contributed by atoms with Gasteiger partial charge in [-0.25, -0.2) is 8.42 Å². The highest BCUT2D eigenvalue weighted by atomic mass is 32.2. The normalized spacial score (nSPS) is 20.9. The monoisotopic (exact) mass is 441 g/mol. The van der Waals surface area contributed by atoms with Crippen molar-refractivity contribution in [3.63, 3.8) is 0 Å². The Labute approximate surface area is 177 Å². The van der Waals surface area contributed by atoms with Gasteiger partial charge >= 0.3 is 5.97 Å². The van der Waals surface area contributed by atoms with E-state index in [2.05, 4.69) is 5.32 Å². The second-order valence-electron chi connectivity index (χ2n) is 7.01. The standard InChI is InChI=1S/C19H27N3O5S2/c1-2-27-18(23)15-4-3-9-21(14-15)19(28)20-16-5-7-17(8-6-16)29(24,25)22-10-12-26-13-11-22/h5-8,15H,2-4,9-14H2,1H3,(H,20,28)/t15-/m0/s1. The first-order valence-corrected chi connectivity index (χ1v) is 11.7. The van der Waals surface area contributed by atoms with Crippen LogP contribution in [-0.4, -0.2) is 74.7 Å². The third kappa shape index (κ3) is 5.44. The van der Waals surface area contributed by atoms with E-state index in [0.717, 1.165) is 19.4 Å². The smallest absolute Gasteiger partial charge is 0.310 e. The molecule has 10 heteroatoms. The molecule has 2 aliphatic heterocycles. The summed E-state index contributed by atoms with van der Waals surface area (Å²) >= 11 is 5.49. The summed E-state index contributed by atoms with van der Waals surface area (Å²) in [6, 6.07) is 6.56. The molecule has 3 rings (SSSR count). The number of ether oxygens (including phenoxy) is 2. The second kappa shape index (κ2) is 9.84. The van der Waals surface area contributed by atoms with Crippen molar-refractivity contribution >= 4 is 39.0 Å². The van der Waals surface area contributed by atoms with Crippen molar-refractivity contribution in [2.24, 2.45) is 5.92 Å². The molecule has 2 fully saturated rings. The Morgan fingerprint density at radius 2 is 1.93 bits per heavy atom.